The molecule has 3 atom stereocenters. The number of carbonyl (C=O) groups is 6. The average Bonchev–Trinajstić information content (AvgIpc) is 3.86. The number of aromatic nitrogens is 2. The first-order valence-electron chi connectivity index (χ1n) is 19.3. The number of hydrogen-bond donors (Lipinski definition) is 1. The molecule has 0 bridgehead atoms. The first-order chi connectivity index (χ1) is 27.2. The Hall–Kier alpha value is -5.93. The molecule has 1 N–H and O–H groups in total. The zero-order valence-electron chi connectivity index (χ0n) is 33.2. The summed E-state index contributed by atoms with van der Waals surface area (Å²) in [5, 5.41) is 7.26. The van der Waals surface area contributed by atoms with E-state index in [-0.39, 0.29) is 63.8 Å². The maximum Gasteiger partial charge on any atom is 0.409 e. The summed E-state index contributed by atoms with van der Waals surface area (Å²) in [6.45, 7) is 10.0. The molecule has 3 heterocycles. The van der Waals surface area contributed by atoms with E-state index < -0.39 is 59.5 Å². The van der Waals surface area contributed by atoms with E-state index in [9.17, 15) is 28.8 Å². The fourth-order valence-corrected chi connectivity index (χ4v) is 6.57. The molecule has 16 nitrogen and oxygen atoms in total. The Bertz CT molecular complexity index is 1870. The van der Waals surface area contributed by atoms with Crippen LogP contribution in [-0.4, -0.2) is 123 Å². The molecule has 2 fully saturated rings. The van der Waals surface area contributed by atoms with Crippen LogP contribution in [0.5, 0.6) is 5.88 Å². The topological polar surface area (TPSA) is 179 Å². The number of amides is 4. The number of benzene rings is 2. The first kappa shape index (κ1) is 42.2. The summed E-state index contributed by atoms with van der Waals surface area (Å²) in [5.74, 6) is -2.55. The highest BCUT2D eigenvalue weighted by molar-refractivity contribution is 5.96. The largest absolute Gasteiger partial charge is 0.464 e. The van der Waals surface area contributed by atoms with Crippen molar-refractivity contribution in [2.75, 3.05) is 39.3 Å². The van der Waals surface area contributed by atoms with Gasteiger partial charge in [0.2, 0.25) is 11.8 Å². The second-order valence-electron chi connectivity index (χ2n) is 14.8. The molecule has 306 valence electrons. The second kappa shape index (κ2) is 19.3. The molecule has 16 heteroatoms. The van der Waals surface area contributed by atoms with Crippen molar-refractivity contribution in [1.29, 1.82) is 0 Å². The normalized spacial score (nSPS) is 16.6. The second-order valence-corrected chi connectivity index (χ2v) is 14.8. The number of piperazine rings is 1. The summed E-state index contributed by atoms with van der Waals surface area (Å²) in [5.41, 5.74) is 0.509. The van der Waals surface area contributed by atoms with Gasteiger partial charge in [-0.05, 0) is 71.6 Å². The Morgan fingerprint density at radius 1 is 0.860 bits per heavy atom. The van der Waals surface area contributed by atoms with Crippen molar-refractivity contribution < 1.29 is 47.7 Å². The van der Waals surface area contributed by atoms with Gasteiger partial charge in [-0.3, -0.25) is 19.2 Å². The van der Waals surface area contributed by atoms with E-state index >= 15 is 0 Å². The minimum Gasteiger partial charge on any atom is -0.464 e. The third-order valence-electron chi connectivity index (χ3n) is 9.37. The van der Waals surface area contributed by atoms with Gasteiger partial charge in [0, 0.05) is 45.2 Å². The molecular weight excluding hydrogens is 736 g/mol. The molecule has 2 aromatic carbocycles. The molecule has 0 radical (unpaired) electrons. The van der Waals surface area contributed by atoms with E-state index in [0.717, 1.165) is 5.56 Å². The van der Waals surface area contributed by atoms with Crippen LogP contribution in [-0.2, 0) is 40.0 Å². The van der Waals surface area contributed by atoms with Crippen LogP contribution in [0.4, 0.5) is 4.79 Å². The van der Waals surface area contributed by atoms with Crippen LogP contribution in [0, 0.1) is 0 Å². The lowest BCUT2D eigenvalue weighted by atomic mass is 10.1. The van der Waals surface area contributed by atoms with Crippen LogP contribution < -0.4 is 10.1 Å². The number of likely N-dealkylation sites (tertiary alicyclic amines) is 1. The Morgan fingerprint density at radius 3 is 2.16 bits per heavy atom. The first-order valence-corrected chi connectivity index (χ1v) is 19.3. The predicted octanol–water partition coefficient (Wildman–Crippen LogP) is 3.90. The van der Waals surface area contributed by atoms with Crippen molar-refractivity contribution in [3.8, 4) is 11.6 Å². The van der Waals surface area contributed by atoms with Crippen LogP contribution in [0.1, 0.15) is 76.4 Å². The van der Waals surface area contributed by atoms with E-state index in [1.807, 2.05) is 36.4 Å². The predicted molar refractivity (Wildman–Crippen MR) is 206 cm³/mol. The smallest absolute Gasteiger partial charge is 0.409 e. The number of hydrogen-bond acceptors (Lipinski definition) is 11. The Kier molecular flexibility index (Phi) is 14.3. The van der Waals surface area contributed by atoms with Crippen molar-refractivity contribution in [2.24, 2.45) is 0 Å². The molecule has 3 aromatic rings. The maximum atomic E-state index is 13.9. The van der Waals surface area contributed by atoms with Gasteiger partial charge in [-0.15, -0.1) is 0 Å². The van der Waals surface area contributed by atoms with E-state index in [1.165, 1.54) is 25.4 Å². The van der Waals surface area contributed by atoms with Gasteiger partial charge in [-0.25, -0.2) is 14.3 Å². The van der Waals surface area contributed by atoms with Gasteiger partial charge in [0.1, 0.15) is 24.3 Å². The fourth-order valence-electron chi connectivity index (χ4n) is 6.57. The molecule has 0 aliphatic carbocycles. The highest BCUT2D eigenvalue weighted by atomic mass is 16.6. The molecule has 5 rings (SSSR count). The highest BCUT2D eigenvalue weighted by Crippen LogP contribution is 2.25. The SMILES string of the molecule is CCOC(=O)N1CCN(C(=O)C(CCC(=O)OC(C)(C)C)NC(=O)c2cc(O[C@H](C)C(=O)N3CCCC3C(=O)OCc3ccccc3)n(-c3ccccc3)n2)CC1. The molecule has 2 unspecified atom stereocenters. The summed E-state index contributed by atoms with van der Waals surface area (Å²) < 4.78 is 23.7. The standard InChI is InChI=1S/C41H52N6O10/c1-6-54-40(53)45-24-22-44(23-25-45)38(51)31(19-20-35(48)57-41(3,4)5)42-36(49)32-26-34(47(43-32)30-16-11-8-12-17-30)56-28(2)37(50)46-21-13-18-33(46)39(52)55-27-29-14-9-7-10-15-29/h7-12,14-17,26,28,31,33H,6,13,18-25,27H2,1-5H3,(H,42,49)/t28-,31?,33?/m1/s1. The summed E-state index contributed by atoms with van der Waals surface area (Å²) >= 11 is 0. The number of ether oxygens (including phenoxy) is 4. The van der Waals surface area contributed by atoms with Gasteiger partial charge in [-0.1, -0.05) is 48.5 Å². The summed E-state index contributed by atoms with van der Waals surface area (Å²) in [6, 6.07) is 17.6. The Labute approximate surface area is 332 Å². The zero-order valence-corrected chi connectivity index (χ0v) is 33.2. The summed E-state index contributed by atoms with van der Waals surface area (Å²) in [6.07, 6.45) is -0.696. The van der Waals surface area contributed by atoms with Gasteiger partial charge in [0.15, 0.2) is 11.8 Å². The number of esters is 2. The van der Waals surface area contributed by atoms with Gasteiger partial charge >= 0.3 is 18.0 Å². The van der Waals surface area contributed by atoms with Crippen molar-refractivity contribution in [2.45, 2.75) is 90.7 Å². The van der Waals surface area contributed by atoms with Crippen LogP contribution in [0.15, 0.2) is 66.7 Å². The molecule has 0 saturated carbocycles. The third kappa shape index (κ3) is 11.6. The zero-order chi connectivity index (χ0) is 41.1. The molecule has 4 amide bonds. The van der Waals surface area contributed by atoms with Crippen molar-refractivity contribution >= 4 is 35.8 Å². The molecule has 2 saturated heterocycles. The lowest BCUT2D eigenvalue weighted by Gasteiger charge is -2.36. The van der Waals surface area contributed by atoms with E-state index in [2.05, 4.69) is 10.4 Å². The fraction of sp³-hybridized carbons (Fsp3) is 0.488. The van der Waals surface area contributed by atoms with Crippen LogP contribution >= 0.6 is 0 Å². The Morgan fingerprint density at radius 2 is 1.51 bits per heavy atom. The van der Waals surface area contributed by atoms with E-state index in [0.29, 0.717) is 25.1 Å². The molecule has 1 aromatic heterocycles. The maximum absolute atomic E-state index is 13.9. The van der Waals surface area contributed by atoms with E-state index in [4.69, 9.17) is 18.9 Å². The van der Waals surface area contributed by atoms with Crippen LogP contribution in [0.25, 0.3) is 5.69 Å². The molecule has 57 heavy (non-hydrogen) atoms. The number of nitrogens with one attached hydrogen (secondary N) is 1. The van der Waals surface area contributed by atoms with E-state index in [1.54, 1.807) is 58.9 Å². The average molecular weight is 789 g/mol. The summed E-state index contributed by atoms with van der Waals surface area (Å²) in [4.78, 5) is 84.1. The minimum atomic E-state index is -1.14. The van der Waals surface area contributed by atoms with Gasteiger partial charge in [0.05, 0.1) is 12.3 Å². The van der Waals surface area contributed by atoms with Crippen LogP contribution in [0.2, 0.25) is 0 Å². The van der Waals surface area contributed by atoms with Crippen LogP contribution in [0.3, 0.4) is 0 Å². The number of nitrogens with zero attached hydrogens (tertiary/aromatic N) is 5. The van der Waals surface area contributed by atoms with Gasteiger partial charge < -0.3 is 39.0 Å². The quantitative estimate of drug-likeness (QED) is 0.185. The molecular formula is C41H52N6O10. The lowest BCUT2D eigenvalue weighted by Crippen LogP contribution is -2.56. The van der Waals surface area contributed by atoms with Gasteiger partial charge in [-0.2, -0.15) is 5.10 Å². The van der Waals surface area contributed by atoms with Gasteiger partial charge in [0.25, 0.3) is 11.8 Å². The Balaban J connectivity index is 1.31. The van der Waals surface area contributed by atoms with Crippen molar-refractivity contribution in [3.05, 3.63) is 78.0 Å². The molecule has 2 aliphatic heterocycles. The number of rotatable bonds is 14. The monoisotopic (exact) mass is 788 g/mol. The molecule has 2 aliphatic rings. The van der Waals surface area contributed by atoms with Crippen molar-refractivity contribution in [1.82, 2.24) is 29.8 Å². The highest BCUT2D eigenvalue weighted by Gasteiger charge is 2.38. The number of para-hydroxylation sites is 1. The summed E-state index contributed by atoms with van der Waals surface area (Å²) in [7, 11) is 0. The third-order valence-corrected chi connectivity index (χ3v) is 9.37. The minimum absolute atomic E-state index is 0.0589. The van der Waals surface area contributed by atoms with Crippen molar-refractivity contribution in [3.63, 3.8) is 0 Å². The lowest BCUT2D eigenvalue weighted by molar-refractivity contribution is -0.156. The number of carbonyl (C=O) groups excluding carboxylic acids is 6. The molecule has 0 spiro atoms.